The van der Waals surface area contributed by atoms with Crippen molar-refractivity contribution in [1.82, 2.24) is 14.9 Å². The number of carbonyl (C=O) groups excluding carboxylic acids is 1. The van der Waals surface area contributed by atoms with Crippen LogP contribution in [0, 0.1) is 0 Å². The predicted molar refractivity (Wildman–Crippen MR) is 94.3 cm³/mol. The molecule has 2 N–H and O–H groups in total. The van der Waals surface area contributed by atoms with Gasteiger partial charge in [-0.3, -0.25) is 9.36 Å². The maximum atomic E-state index is 12.3. The summed E-state index contributed by atoms with van der Waals surface area (Å²) in [6.07, 6.45) is 3.15. The number of nitrogens with zero attached hydrogens (tertiary/aromatic N) is 2. The molecule has 1 atom stereocenters. The van der Waals surface area contributed by atoms with E-state index in [1.165, 1.54) is 0 Å². The molecule has 1 aromatic heterocycles. The molecular weight excluding hydrogens is 302 g/mol. The van der Waals surface area contributed by atoms with Crippen LogP contribution in [0.3, 0.4) is 0 Å². The molecule has 0 saturated carbocycles. The van der Waals surface area contributed by atoms with Crippen LogP contribution >= 0.6 is 0 Å². The van der Waals surface area contributed by atoms with Crippen LogP contribution in [0.15, 0.2) is 54.9 Å². The largest absolute Gasteiger partial charge is 0.396 e. The Balaban J connectivity index is 1.79. The molecule has 0 aliphatic heterocycles. The topological polar surface area (TPSA) is 67.2 Å². The molecule has 0 aliphatic carbocycles. The molecule has 5 nitrogen and oxygen atoms in total. The summed E-state index contributed by atoms with van der Waals surface area (Å²) in [6.45, 7) is 2.07. The number of hydrogen-bond acceptors (Lipinski definition) is 3. The number of aliphatic hydroxyl groups is 1. The van der Waals surface area contributed by atoms with Crippen LogP contribution in [0.25, 0.3) is 16.7 Å². The van der Waals surface area contributed by atoms with Gasteiger partial charge in [-0.1, -0.05) is 19.1 Å². The van der Waals surface area contributed by atoms with Crippen molar-refractivity contribution in [3.8, 4) is 5.69 Å². The summed E-state index contributed by atoms with van der Waals surface area (Å²) < 4.78 is 2.00. The number of carbonyl (C=O) groups is 1. The quantitative estimate of drug-likeness (QED) is 0.733. The summed E-state index contributed by atoms with van der Waals surface area (Å²) in [7, 11) is 0. The first-order valence-corrected chi connectivity index (χ1v) is 8.17. The fourth-order valence-corrected chi connectivity index (χ4v) is 2.74. The molecule has 1 amide bonds. The summed E-state index contributed by atoms with van der Waals surface area (Å²) in [4.78, 5) is 16.7. The van der Waals surface area contributed by atoms with Gasteiger partial charge in [0.2, 0.25) is 0 Å². The number of nitrogens with one attached hydrogen (secondary N) is 1. The minimum absolute atomic E-state index is 0.000214. The number of aliphatic hydroxyl groups excluding tert-OH is 1. The van der Waals surface area contributed by atoms with Crippen molar-refractivity contribution < 1.29 is 9.90 Å². The van der Waals surface area contributed by atoms with Crippen molar-refractivity contribution in [2.75, 3.05) is 6.61 Å². The van der Waals surface area contributed by atoms with Gasteiger partial charge in [0.25, 0.3) is 5.91 Å². The Morgan fingerprint density at radius 1 is 1.21 bits per heavy atom. The lowest BCUT2D eigenvalue weighted by molar-refractivity contribution is 0.0929. The SMILES string of the molecule is CCC(CCO)NC(=O)c1ccc(-n2cnc3ccccc32)cc1. The van der Waals surface area contributed by atoms with Crippen LogP contribution in [-0.2, 0) is 0 Å². The van der Waals surface area contributed by atoms with E-state index in [9.17, 15) is 4.79 Å². The van der Waals surface area contributed by atoms with E-state index in [0.29, 0.717) is 12.0 Å². The molecule has 0 bridgehead atoms. The van der Waals surface area contributed by atoms with Crippen LogP contribution in [0.4, 0.5) is 0 Å². The lowest BCUT2D eigenvalue weighted by atomic mass is 10.1. The number of benzene rings is 2. The van der Waals surface area contributed by atoms with Gasteiger partial charge in [-0.05, 0) is 49.2 Å². The Hall–Kier alpha value is -2.66. The Labute approximate surface area is 141 Å². The number of hydrogen-bond donors (Lipinski definition) is 2. The van der Waals surface area contributed by atoms with Crippen molar-refractivity contribution >= 4 is 16.9 Å². The Morgan fingerprint density at radius 2 is 1.96 bits per heavy atom. The third-order valence-corrected chi connectivity index (χ3v) is 4.17. The highest BCUT2D eigenvalue weighted by Gasteiger charge is 2.12. The van der Waals surface area contributed by atoms with Crippen LogP contribution in [-0.4, -0.2) is 33.2 Å². The number of amides is 1. The maximum Gasteiger partial charge on any atom is 0.251 e. The van der Waals surface area contributed by atoms with E-state index >= 15 is 0 Å². The van der Waals surface area contributed by atoms with E-state index in [-0.39, 0.29) is 18.6 Å². The third-order valence-electron chi connectivity index (χ3n) is 4.17. The van der Waals surface area contributed by atoms with Crippen molar-refractivity contribution in [2.45, 2.75) is 25.8 Å². The van der Waals surface area contributed by atoms with Crippen molar-refractivity contribution in [3.63, 3.8) is 0 Å². The number of rotatable bonds is 6. The van der Waals surface area contributed by atoms with Crippen LogP contribution < -0.4 is 5.32 Å². The number of fused-ring (bicyclic) bond motifs is 1. The molecule has 0 fully saturated rings. The van der Waals surface area contributed by atoms with Gasteiger partial charge in [-0.25, -0.2) is 4.98 Å². The first-order chi connectivity index (χ1) is 11.7. The van der Waals surface area contributed by atoms with E-state index in [1.807, 2.05) is 60.0 Å². The predicted octanol–water partition coefficient (Wildman–Crippen LogP) is 2.92. The molecule has 3 rings (SSSR count). The minimum Gasteiger partial charge on any atom is -0.396 e. The third kappa shape index (κ3) is 3.31. The number of aromatic nitrogens is 2. The van der Waals surface area contributed by atoms with Gasteiger partial charge in [0.1, 0.15) is 6.33 Å². The minimum atomic E-state index is -0.114. The van der Waals surface area contributed by atoms with E-state index in [4.69, 9.17) is 5.11 Å². The standard InChI is InChI=1S/C19H21N3O2/c1-2-15(11-12-23)21-19(24)14-7-9-16(10-8-14)22-13-20-17-5-3-4-6-18(17)22/h3-10,13,15,23H,2,11-12H2,1H3,(H,21,24). The molecule has 0 aliphatic rings. The second kappa shape index (κ2) is 7.27. The van der Waals surface area contributed by atoms with Gasteiger partial charge in [0.05, 0.1) is 11.0 Å². The summed E-state index contributed by atoms with van der Waals surface area (Å²) in [5.74, 6) is -0.114. The van der Waals surface area contributed by atoms with Gasteiger partial charge >= 0.3 is 0 Å². The molecule has 24 heavy (non-hydrogen) atoms. The molecule has 1 heterocycles. The average molecular weight is 323 g/mol. The molecule has 0 radical (unpaired) electrons. The highest BCUT2D eigenvalue weighted by atomic mass is 16.3. The first-order valence-electron chi connectivity index (χ1n) is 8.17. The first kappa shape index (κ1) is 16.2. The smallest absolute Gasteiger partial charge is 0.251 e. The van der Waals surface area contributed by atoms with Gasteiger partial charge in [0.15, 0.2) is 0 Å². The molecule has 3 aromatic rings. The second-order valence-electron chi connectivity index (χ2n) is 5.74. The van der Waals surface area contributed by atoms with Gasteiger partial charge in [-0.15, -0.1) is 0 Å². The van der Waals surface area contributed by atoms with Crippen LogP contribution in [0.5, 0.6) is 0 Å². The van der Waals surface area contributed by atoms with Crippen LogP contribution in [0.2, 0.25) is 0 Å². The van der Waals surface area contributed by atoms with Gasteiger partial charge < -0.3 is 10.4 Å². The zero-order valence-electron chi connectivity index (χ0n) is 13.6. The zero-order valence-corrected chi connectivity index (χ0v) is 13.6. The lowest BCUT2D eigenvalue weighted by Gasteiger charge is -2.15. The van der Waals surface area contributed by atoms with Crippen molar-refractivity contribution in [1.29, 1.82) is 0 Å². The molecular formula is C19H21N3O2. The Bertz CT molecular complexity index is 824. The Morgan fingerprint density at radius 3 is 2.67 bits per heavy atom. The fourth-order valence-electron chi connectivity index (χ4n) is 2.74. The van der Waals surface area contributed by atoms with Gasteiger partial charge in [0, 0.05) is 23.9 Å². The monoisotopic (exact) mass is 323 g/mol. The number of para-hydroxylation sites is 2. The molecule has 5 heteroatoms. The summed E-state index contributed by atoms with van der Waals surface area (Å²) >= 11 is 0. The maximum absolute atomic E-state index is 12.3. The second-order valence-corrected chi connectivity index (χ2v) is 5.74. The zero-order chi connectivity index (χ0) is 16.9. The molecule has 0 saturated heterocycles. The van der Waals surface area contributed by atoms with E-state index in [0.717, 1.165) is 23.1 Å². The number of imidazole rings is 1. The van der Waals surface area contributed by atoms with E-state index < -0.39 is 0 Å². The molecule has 1 unspecified atom stereocenters. The van der Waals surface area contributed by atoms with Crippen LogP contribution in [0.1, 0.15) is 30.1 Å². The van der Waals surface area contributed by atoms with E-state index in [2.05, 4.69) is 10.3 Å². The van der Waals surface area contributed by atoms with E-state index in [1.54, 1.807) is 6.33 Å². The summed E-state index contributed by atoms with van der Waals surface area (Å²) in [5.41, 5.74) is 3.54. The average Bonchev–Trinajstić information content (AvgIpc) is 3.05. The Kier molecular flexibility index (Phi) is 4.91. The lowest BCUT2D eigenvalue weighted by Crippen LogP contribution is -2.35. The molecule has 0 spiro atoms. The highest BCUT2D eigenvalue weighted by Crippen LogP contribution is 2.18. The van der Waals surface area contributed by atoms with Crippen molar-refractivity contribution in [3.05, 3.63) is 60.4 Å². The normalized spacial score (nSPS) is 12.2. The highest BCUT2D eigenvalue weighted by molar-refractivity contribution is 5.94. The summed E-state index contributed by atoms with van der Waals surface area (Å²) in [6, 6.07) is 15.4. The molecule has 124 valence electrons. The van der Waals surface area contributed by atoms with Crippen molar-refractivity contribution in [2.24, 2.45) is 0 Å². The summed E-state index contributed by atoms with van der Waals surface area (Å²) in [5, 5.41) is 12.0. The van der Waals surface area contributed by atoms with Gasteiger partial charge in [-0.2, -0.15) is 0 Å². The molecule has 2 aromatic carbocycles. The fraction of sp³-hybridized carbons (Fsp3) is 0.263.